The number of aromatic carboxylic acids is 1. The molecule has 0 spiro atoms. The van der Waals surface area contributed by atoms with Crippen LogP contribution >= 0.6 is 0 Å². The van der Waals surface area contributed by atoms with Crippen LogP contribution in [0.2, 0.25) is 0 Å². The number of nitrogens with zero attached hydrogens (tertiary/aromatic N) is 2. The zero-order chi connectivity index (χ0) is 24.7. The summed E-state index contributed by atoms with van der Waals surface area (Å²) in [5, 5.41) is 12.7. The fraction of sp³-hybridized carbons (Fsp3) is 0.231. The number of H-pyrrole nitrogens is 1. The zero-order valence-corrected chi connectivity index (χ0v) is 18.9. The summed E-state index contributed by atoms with van der Waals surface area (Å²) in [5.41, 5.74) is 4.87. The molecular formula is C26H24N4O5. The average molecular weight is 473 g/mol. The van der Waals surface area contributed by atoms with Crippen LogP contribution in [0, 0.1) is 0 Å². The number of urea groups is 1. The lowest BCUT2D eigenvalue weighted by Crippen LogP contribution is -2.58. The van der Waals surface area contributed by atoms with Gasteiger partial charge in [-0.05, 0) is 47.4 Å². The second kappa shape index (κ2) is 8.75. The number of imide groups is 1. The van der Waals surface area contributed by atoms with E-state index >= 15 is 0 Å². The normalized spacial score (nSPS) is 16.9. The van der Waals surface area contributed by atoms with Gasteiger partial charge in [-0.15, -0.1) is 0 Å². The number of benzene rings is 2. The monoisotopic (exact) mass is 472 g/mol. The molecule has 5 rings (SSSR count). The number of hydrogen-bond donors (Lipinski definition) is 3. The molecular weight excluding hydrogens is 448 g/mol. The molecule has 178 valence electrons. The Morgan fingerprint density at radius 3 is 2.66 bits per heavy atom. The van der Waals surface area contributed by atoms with E-state index in [0.29, 0.717) is 19.5 Å². The molecule has 4 amide bonds. The van der Waals surface area contributed by atoms with Crippen LogP contribution in [0.5, 0.6) is 0 Å². The highest BCUT2D eigenvalue weighted by Gasteiger charge is 2.45. The first-order chi connectivity index (χ1) is 16.9. The number of amides is 4. The lowest BCUT2D eigenvalue weighted by molar-refractivity contribution is -0.133. The Kier molecular flexibility index (Phi) is 5.60. The first-order valence-electron chi connectivity index (χ1n) is 11.3. The van der Waals surface area contributed by atoms with Crippen molar-refractivity contribution in [3.63, 3.8) is 0 Å². The fourth-order valence-corrected chi connectivity index (χ4v) is 4.98. The van der Waals surface area contributed by atoms with Gasteiger partial charge in [-0.2, -0.15) is 0 Å². The maximum Gasteiger partial charge on any atom is 0.335 e. The second-order valence-electron chi connectivity index (χ2n) is 8.74. The van der Waals surface area contributed by atoms with Gasteiger partial charge in [0.2, 0.25) is 11.8 Å². The van der Waals surface area contributed by atoms with Gasteiger partial charge in [0.15, 0.2) is 0 Å². The summed E-state index contributed by atoms with van der Waals surface area (Å²) in [6.45, 7) is 4.33. The molecule has 1 fully saturated rings. The third-order valence-corrected chi connectivity index (χ3v) is 6.61. The zero-order valence-electron chi connectivity index (χ0n) is 18.9. The van der Waals surface area contributed by atoms with Crippen molar-refractivity contribution in [1.82, 2.24) is 20.1 Å². The molecule has 0 aliphatic carbocycles. The molecule has 9 nitrogen and oxygen atoms in total. The maximum absolute atomic E-state index is 13.4. The number of carbonyl (C=O) groups excluding carboxylic acids is 3. The van der Waals surface area contributed by atoms with Crippen molar-refractivity contribution in [2.75, 3.05) is 19.6 Å². The number of nitrogens with one attached hydrogen (secondary N) is 2. The summed E-state index contributed by atoms with van der Waals surface area (Å²) in [6, 6.07) is 12.3. The topological polar surface area (TPSA) is 123 Å². The average Bonchev–Trinajstić information content (AvgIpc) is 3.24. The number of carbonyl (C=O) groups is 4. The van der Waals surface area contributed by atoms with Crippen LogP contribution in [0.25, 0.3) is 10.9 Å². The molecule has 2 aromatic carbocycles. The van der Waals surface area contributed by atoms with Crippen LogP contribution in [0.15, 0.2) is 55.1 Å². The summed E-state index contributed by atoms with van der Waals surface area (Å²) in [6.07, 6.45) is 1.72. The summed E-state index contributed by atoms with van der Waals surface area (Å²) in [7, 11) is 0. The fourth-order valence-electron chi connectivity index (χ4n) is 4.98. The van der Waals surface area contributed by atoms with E-state index in [4.69, 9.17) is 5.11 Å². The van der Waals surface area contributed by atoms with Crippen LogP contribution in [0.1, 0.15) is 38.7 Å². The second-order valence-corrected chi connectivity index (χ2v) is 8.74. The Labute approximate surface area is 201 Å². The summed E-state index contributed by atoms with van der Waals surface area (Å²) >= 11 is 0. The predicted octanol–water partition coefficient (Wildman–Crippen LogP) is 2.62. The molecule has 9 heteroatoms. The number of hydrogen-bond acceptors (Lipinski definition) is 4. The van der Waals surface area contributed by atoms with E-state index in [-0.39, 0.29) is 36.5 Å². The van der Waals surface area contributed by atoms with Gasteiger partial charge >= 0.3 is 12.0 Å². The largest absolute Gasteiger partial charge is 0.478 e. The molecule has 2 aliphatic heterocycles. The Morgan fingerprint density at radius 1 is 1.17 bits per heavy atom. The van der Waals surface area contributed by atoms with Gasteiger partial charge < -0.3 is 20.3 Å². The molecule has 3 heterocycles. The van der Waals surface area contributed by atoms with Gasteiger partial charge in [0.1, 0.15) is 0 Å². The van der Waals surface area contributed by atoms with Gasteiger partial charge in [-0.1, -0.05) is 30.8 Å². The van der Waals surface area contributed by atoms with E-state index in [1.54, 1.807) is 29.2 Å². The minimum absolute atomic E-state index is 0.0880. The number of fused-ring (bicyclic) bond motifs is 6. The van der Waals surface area contributed by atoms with Crippen molar-refractivity contribution in [3.05, 3.63) is 83.1 Å². The van der Waals surface area contributed by atoms with Crippen LogP contribution in [-0.4, -0.2) is 63.3 Å². The van der Waals surface area contributed by atoms with Crippen LogP contribution in [0.3, 0.4) is 0 Å². The van der Waals surface area contributed by atoms with Gasteiger partial charge in [-0.3, -0.25) is 14.5 Å². The lowest BCUT2D eigenvalue weighted by atomic mass is 9.86. The summed E-state index contributed by atoms with van der Waals surface area (Å²) < 4.78 is 0. The molecule has 2 aliphatic rings. The van der Waals surface area contributed by atoms with Crippen molar-refractivity contribution < 1.29 is 24.3 Å². The Balaban J connectivity index is 1.48. The minimum atomic E-state index is -0.970. The van der Waals surface area contributed by atoms with E-state index in [9.17, 15) is 19.2 Å². The summed E-state index contributed by atoms with van der Waals surface area (Å²) in [4.78, 5) is 55.3. The third kappa shape index (κ3) is 3.95. The molecule has 0 radical (unpaired) electrons. The van der Waals surface area contributed by atoms with Crippen molar-refractivity contribution in [2.45, 2.75) is 18.9 Å². The number of aromatic nitrogens is 1. The third-order valence-electron chi connectivity index (χ3n) is 6.61. The van der Waals surface area contributed by atoms with Crippen molar-refractivity contribution in [3.8, 4) is 0 Å². The highest BCUT2D eigenvalue weighted by atomic mass is 16.4. The molecule has 1 unspecified atom stereocenters. The quantitative estimate of drug-likeness (QED) is 0.456. The predicted molar refractivity (Wildman–Crippen MR) is 128 cm³/mol. The smallest absolute Gasteiger partial charge is 0.335 e. The van der Waals surface area contributed by atoms with Gasteiger partial charge in [-0.25, -0.2) is 9.59 Å². The lowest BCUT2D eigenvalue weighted by Gasteiger charge is -2.42. The van der Waals surface area contributed by atoms with Crippen LogP contribution < -0.4 is 5.32 Å². The maximum atomic E-state index is 13.4. The van der Waals surface area contributed by atoms with E-state index in [2.05, 4.69) is 16.9 Å². The molecule has 1 saturated heterocycles. The van der Waals surface area contributed by atoms with Crippen molar-refractivity contribution in [1.29, 1.82) is 0 Å². The van der Waals surface area contributed by atoms with Gasteiger partial charge in [0.25, 0.3) is 0 Å². The number of aromatic amines is 1. The molecule has 1 atom stereocenters. The molecule has 2 bridgehead atoms. The Morgan fingerprint density at radius 2 is 1.94 bits per heavy atom. The van der Waals surface area contributed by atoms with E-state index in [0.717, 1.165) is 39.4 Å². The minimum Gasteiger partial charge on any atom is -0.478 e. The standard InChI is InChI=1S/C26H24N4O5/c1-2-21(31)27-10-11-30-24(32)18-13-29(26(30)35)14-20-23(18)22-17(4-3-5-19(22)28-20)12-15-6-8-16(9-7-15)25(33)34/h2-9,18,28H,1,10-14H2,(H,27,31)(H,33,34). The van der Waals surface area contributed by atoms with Crippen LogP contribution in [-0.2, 0) is 22.6 Å². The Hall–Kier alpha value is -4.40. The van der Waals surface area contributed by atoms with E-state index < -0.39 is 11.9 Å². The molecule has 1 aromatic heterocycles. The van der Waals surface area contributed by atoms with Crippen molar-refractivity contribution >= 4 is 34.7 Å². The van der Waals surface area contributed by atoms with Gasteiger partial charge in [0, 0.05) is 36.2 Å². The number of carboxylic acid groups (broad SMARTS) is 1. The van der Waals surface area contributed by atoms with E-state index in [1.807, 2.05) is 18.2 Å². The molecule has 3 N–H and O–H groups in total. The SMILES string of the molecule is C=CC(=O)NCCN1C(=O)C2CN(Cc3[nH]c4cccc(Cc5ccc(C(=O)O)cc5)c4c32)C1=O. The summed E-state index contributed by atoms with van der Waals surface area (Å²) in [5.74, 6) is -2.11. The molecule has 35 heavy (non-hydrogen) atoms. The first kappa shape index (κ1) is 22.4. The van der Waals surface area contributed by atoms with Crippen LogP contribution in [0.4, 0.5) is 4.79 Å². The Bertz CT molecular complexity index is 1370. The van der Waals surface area contributed by atoms with Gasteiger partial charge in [0.05, 0.1) is 18.0 Å². The highest BCUT2D eigenvalue weighted by molar-refractivity contribution is 6.04. The number of rotatable bonds is 7. The first-order valence-corrected chi connectivity index (χ1v) is 11.3. The molecule has 0 saturated carbocycles. The van der Waals surface area contributed by atoms with Crippen molar-refractivity contribution in [2.24, 2.45) is 0 Å². The highest BCUT2D eigenvalue weighted by Crippen LogP contribution is 2.40. The number of carboxylic acids is 1. The van der Waals surface area contributed by atoms with E-state index in [1.165, 1.54) is 4.90 Å². The molecule has 3 aromatic rings.